The van der Waals surface area contributed by atoms with Crippen LogP contribution in [-0.4, -0.2) is 72.1 Å². The van der Waals surface area contributed by atoms with E-state index >= 15 is 0 Å². The Balaban J connectivity index is -0.00000000500. The SMILES string of the molecule is CN.[CaH2].[PbH2].[Ti][Br]. The van der Waals surface area contributed by atoms with E-state index in [4.69, 9.17) is 0 Å². The van der Waals surface area contributed by atoms with Gasteiger partial charge < -0.3 is 5.73 Å². The Hall–Kier alpha value is 3.34. The second kappa shape index (κ2) is 40.3. The van der Waals surface area contributed by atoms with Crippen molar-refractivity contribution in [1.82, 2.24) is 0 Å². The monoisotopic (exact) mass is 410 g/mol. The zero-order valence-electron chi connectivity index (χ0n) is 3.16. The molecule has 0 fully saturated rings. The van der Waals surface area contributed by atoms with Gasteiger partial charge >= 0.3 is 96.5 Å². The van der Waals surface area contributed by atoms with Gasteiger partial charge in [0.1, 0.15) is 0 Å². The minimum atomic E-state index is 0. The van der Waals surface area contributed by atoms with Crippen LogP contribution in [0.2, 0.25) is 0 Å². The summed E-state index contributed by atoms with van der Waals surface area (Å²) in [5.41, 5.74) is 4.50. The molecule has 0 spiro atoms. The Labute approximate surface area is 107 Å². The molecule has 2 radical (unpaired) electrons. The maximum atomic E-state index is 4.50. The van der Waals surface area contributed by atoms with E-state index in [0.29, 0.717) is 0 Å². The number of hydrogen-bond donors (Lipinski definition) is 1. The average molecular weight is 410 g/mol. The molecule has 0 aromatic rings. The molecule has 0 atom stereocenters. The van der Waals surface area contributed by atoms with Gasteiger partial charge in [-0.2, -0.15) is 0 Å². The molecule has 0 aromatic heterocycles. The van der Waals surface area contributed by atoms with E-state index in [1.165, 1.54) is 7.05 Å². The molecule has 0 bridgehead atoms. The number of hydrogen-bond acceptors (Lipinski definition) is 1. The minimum absolute atomic E-state index is 0. The first-order chi connectivity index (χ1) is 2.00. The van der Waals surface area contributed by atoms with Gasteiger partial charge in [-0.1, -0.05) is 0 Å². The third-order valence-electron chi connectivity index (χ3n) is 0. The predicted molar refractivity (Wildman–Crippen MR) is 36.1 cm³/mol. The number of nitrogens with two attached hydrogens (primary N) is 1. The Bertz CT molecular complexity index is 15.5. The summed E-state index contributed by atoms with van der Waals surface area (Å²) in [5.74, 6) is 0. The van der Waals surface area contributed by atoms with Gasteiger partial charge in [-0.3, -0.25) is 0 Å². The average Bonchev–Trinajstić information content (AvgIpc) is 1.50. The number of rotatable bonds is 0. The van der Waals surface area contributed by atoms with E-state index in [0.717, 1.165) is 0 Å². The third kappa shape index (κ3) is 26.5. The van der Waals surface area contributed by atoms with Crippen LogP contribution in [0.5, 0.6) is 0 Å². The van der Waals surface area contributed by atoms with E-state index < -0.39 is 0 Å². The van der Waals surface area contributed by atoms with Gasteiger partial charge in [-0.05, 0) is 7.05 Å². The summed E-state index contributed by atoms with van der Waals surface area (Å²) in [6.45, 7) is 0. The first-order valence-electron chi connectivity index (χ1n) is 0.766. The molecule has 0 aliphatic heterocycles. The molecular formula is CH9BrCaNPbTi. The molecule has 0 aliphatic carbocycles. The zero-order valence-corrected chi connectivity index (χ0v) is 11.8. The molecule has 0 aliphatic rings. The van der Waals surface area contributed by atoms with Crippen LogP contribution in [0.25, 0.3) is 0 Å². The van der Waals surface area contributed by atoms with Crippen LogP contribution in [0, 0.1) is 0 Å². The summed E-state index contributed by atoms with van der Waals surface area (Å²) in [4.78, 5) is 0. The molecule has 5 heteroatoms. The predicted octanol–water partition coefficient (Wildman–Crippen LogP) is -1.41. The Morgan fingerprint density at radius 1 is 1.33 bits per heavy atom. The van der Waals surface area contributed by atoms with E-state index in [1.54, 1.807) is 0 Å². The van der Waals surface area contributed by atoms with Crippen LogP contribution < -0.4 is 5.73 Å². The van der Waals surface area contributed by atoms with E-state index in [2.05, 4.69) is 18.9 Å². The second-order valence-electron chi connectivity index (χ2n) is 0. The van der Waals surface area contributed by atoms with Crippen LogP contribution in [0.1, 0.15) is 0 Å². The second-order valence-corrected chi connectivity index (χ2v) is 0. The third-order valence-corrected chi connectivity index (χ3v) is 0. The van der Waals surface area contributed by atoms with Crippen LogP contribution in [0.4, 0.5) is 0 Å². The molecule has 0 saturated heterocycles. The standard InChI is InChI=1S/CH5N.BrH.Ca.Pb.Ti.4H/c1-2;;;;;;;;/h2H2,1H3;1H;;;;;;;/q;;;;+1;;;;/p-1. The molecule has 0 amide bonds. The van der Waals surface area contributed by atoms with Crippen molar-refractivity contribution in [3.8, 4) is 0 Å². The summed E-state index contributed by atoms with van der Waals surface area (Å²) in [7, 11) is 1.50. The van der Waals surface area contributed by atoms with Crippen LogP contribution in [-0.2, 0) is 18.3 Å². The molecule has 0 heterocycles. The van der Waals surface area contributed by atoms with Crippen molar-refractivity contribution < 1.29 is 18.3 Å². The zero-order chi connectivity index (χ0) is 4.00. The van der Waals surface area contributed by atoms with E-state index in [1.807, 2.05) is 18.3 Å². The van der Waals surface area contributed by atoms with Crippen molar-refractivity contribution >= 4 is 78.2 Å². The molecule has 0 rings (SSSR count). The Morgan fingerprint density at radius 3 is 1.33 bits per heavy atom. The van der Waals surface area contributed by atoms with Crippen molar-refractivity contribution in [3.63, 3.8) is 0 Å². The summed E-state index contributed by atoms with van der Waals surface area (Å²) >= 11 is 4.75. The van der Waals surface area contributed by atoms with Crippen molar-refractivity contribution in [1.29, 1.82) is 0 Å². The van der Waals surface area contributed by atoms with Gasteiger partial charge in [0, 0.05) is 0 Å². The van der Waals surface area contributed by atoms with Crippen LogP contribution in [0.3, 0.4) is 0 Å². The van der Waals surface area contributed by atoms with E-state index in [-0.39, 0.29) is 65.0 Å². The molecule has 1 nitrogen and oxygen atoms in total. The summed E-state index contributed by atoms with van der Waals surface area (Å²) in [5, 5.41) is 0. The number of halogens is 1. The maximum absolute atomic E-state index is 4.50. The Morgan fingerprint density at radius 2 is 1.33 bits per heavy atom. The molecule has 2 N–H and O–H groups in total. The fourth-order valence-electron chi connectivity index (χ4n) is 0. The fourth-order valence-corrected chi connectivity index (χ4v) is 0. The van der Waals surface area contributed by atoms with Gasteiger partial charge in [0.15, 0.2) is 0 Å². The first-order valence-corrected chi connectivity index (χ1v) is 4.63. The van der Waals surface area contributed by atoms with Crippen LogP contribution >= 0.6 is 13.2 Å². The quantitative estimate of drug-likeness (QED) is 0.488. The van der Waals surface area contributed by atoms with E-state index in [9.17, 15) is 0 Å². The molecule has 0 aromatic carbocycles. The van der Waals surface area contributed by atoms with Crippen molar-refractivity contribution in [2.24, 2.45) is 5.73 Å². The molecule has 0 saturated carbocycles. The fraction of sp³-hybridized carbons (Fsp3) is 1.00. The van der Waals surface area contributed by atoms with Gasteiger partial charge in [-0.25, -0.2) is 0 Å². The summed E-state index contributed by atoms with van der Waals surface area (Å²) in [6.07, 6.45) is 0. The first kappa shape index (κ1) is 22.8. The molecule has 35 valence electrons. The summed E-state index contributed by atoms with van der Waals surface area (Å²) < 4.78 is 0. The molecule has 6 heavy (non-hydrogen) atoms. The topological polar surface area (TPSA) is 26.0 Å². The van der Waals surface area contributed by atoms with Crippen LogP contribution in [0.15, 0.2) is 0 Å². The summed E-state index contributed by atoms with van der Waals surface area (Å²) in [6, 6.07) is 0. The molecular weight excluding hydrogens is 401 g/mol. The van der Waals surface area contributed by atoms with Gasteiger partial charge in [0.25, 0.3) is 0 Å². The normalized spacial score (nSPS) is 1.67. The molecule has 0 unspecified atom stereocenters. The van der Waals surface area contributed by atoms with Gasteiger partial charge in [-0.15, -0.1) is 0 Å². The van der Waals surface area contributed by atoms with Crippen molar-refractivity contribution in [2.45, 2.75) is 0 Å². The van der Waals surface area contributed by atoms with Gasteiger partial charge in [0.2, 0.25) is 0 Å². The van der Waals surface area contributed by atoms with Gasteiger partial charge in [0.05, 0.1) is 0 Å². The van der Waals surface area contributed by atoms with Crippen molar-refractivity contribution in [3.05, 3.63) is 0 Å². The van der Waals surface area contributed by atoms with Crippen molar-refractivity contribution in [2.75, 3.05) is 7.05 Å². The Kier molecular flexibility index (Phi) is 153.